The average Bonchev–Trinajstić information content (AvgIpc) is 2.50. The van der Waals surface area contributed by atoms with Gasteiger partial charge in [0, 0.05) is 11.1 Å². The summed E-state index contributed by atoms with van der Waals surface area (Å²) in [6, 6.07) is 22.9. The molecule has 0 aliphatic rings. The molecule has 0 aliphatic heterocycles. The van der Waals surface area contributed by atoms with Crippen LogP contribution in [-0.2, 0) is 12.8 Å². The summed E-state index contributed by atoms with van der Waals surface area (Å²) >= 11 is 5.91. The van der Waals surface area contributed by atoms with Gasteiger partial charge in [-0.25, -0.2) is 0 Å². The first-order valence-electron chi connectivity index (χ1n) is 7.19. The lowest BCUT2D eigenvalue weighted by Gasteiger charge is -2.14. The average molecular weight is 296 g/mol. The lowest BCUT2D eigenvalue weighted by Crippen LogP contribution is -2.25. The number of rotatable bonds is 4. The molecule has 3 rings (SSSR count). The molecule has 0 fully saturated rings. The quantitative estimate of drug-likeness (QED) is 0.747. The molecule has 0 bridgehead atoms. The SMILES string of the molecule is NC(Cc1ccc(Cl)cc1)Cc1cccc2ccccc12. The van der Waals surface area contributed by atoms with Crippen LogP contribution in [-0.4, -0.2) is 6.04 Å². The highest BCUT2D eigenvalue weighted by molar-refractivity contribution is 6.30. The van der Waals surface area contributed by atoms with Crippen molar-refractivity contribution in [3.63, 3.8) is 0 Å². The van der Waals surface area contributed by atoms with Gasteiger partial charge in [0.25, 0.3) is 0 Å². The normalized spacial score (nSPS) is 12.5. The highest BCUT2D eigenvalue weighted by Crippen LogP contribution is 2.20. The van der Waals surface area contributed by atoms with E-state index < -0.39 is 0 Å². The van der Waals surface area contributed by atoms with Crippen molar-refractivity contribution in [3.8, 4) is 0 Å². The smallest absolute Gasteiger partial charge is 0.0406 e. The lowest BCUT2D eigenvalue weighted by atomic mass is 9.96. The molecule has 2 heteroatoms. The van der Waals surface area contributed by atoms with Crippen LogP contribution in [0.4, 0.5) is 0 Å². The Morgan fingerprint density at radius 2 is 1.52 bits per heavy atom. The molecule has 1 atom stereocenters. The van der Waals surface area contributed by atoms with Crippen LogP contribution in [0.5, 0.6) is 0 Å². The van der Waals surface area contributed by atoms with E-state index in [9.17, 15) is 0 Å². The Morgan fingerprint density at radius 1 is 0.810 bits per heavy atom. The van der Waals surface area contributed by atoms with Crippen LogP contribution in [0.2, 0.25) is 5.02 Å². The Hall–Kier alpha value is -1.83. The maximum atomic E-state index is 6.33. The molecule has 0 heterocycles. The number of halogens is 1. The van der Waals surface area contributed by atoms with Crippen molar-refractivity contribution < 1.29 is 0 Å². The molecule has 106 valence electrons. The molecule has 0 aromatic heterocycles. The summed E-state index contributed by atoms with van der Waals surface area (Å²) in [7, 11) is 0. The van der Waals surface area contributed by atoms with Gasteiger partial charge in [0.1, 0.15) is 0 Å². The molecule has 0 spiro atoms. The van der Waals surface area contributed by atoms with Gasteiger partial charge in [-0.05, 0) is 46.9 Å². The highest BCUT2D eigenvalue weighted by Gasteiger charge is 2.08. The zero-order valence-corrected chi connectivity index (χ0v) is 12.6. The van der Waals surface area contributed by atoms with Crippen LogP contribution in [0.25, 0.3) is 10.8 Å². The number of benzene rings is 3. The fourth-order valence-electron chi connectivity index (χ4n) is 2.75. The second kappa shape index (κ2) is 6.30. The molecule has 0 aliphatic carbocycles. The van der Waals surface area contributed by atoms with Gasteiger partial charge in [-0.3, -0.25) is 0 Å². The molecule has 0 amide bonds. The molecule has 1 unspecified atom stereocenters. The predicted molar refractivity (Wildman–Crippen MR) is 90.8 cm³/mol. The maximum Gasteiger partial charge on any atom is 0.0406 e. The first-order chi connectivity index (χ1) is 10.2. The molecular weight excluding hydrogens is 278 g/mol. The summed E-state index contributed by atoms with van der Waals surface area (Å²) in [5.41, 5.74) is 8.88. The molecular formula is C19H18ClN. The molecule has 3 aromatic rings. The Labute approximate surface area is 130 Å². The predicted octanol–water partition coefficient (Wildman–Crippen LogP) is 4.61. The van der Waals surface area contributed by atoms with Crippen LogP contribution >= 0.6 is 11.6 Å². The number of fused-ring (bicyclic) bond motifs is 1. The first kappa shape index (κ1) is 14.1. The fourth-order valence-corrected chi connectivity index (χ4v) is 2.87. The van der Waals surface area contributed by atoms with Crippen LogP contribution in [0, 0.1) is 0 Å². The zero-order chi connectivity index (χ0) is 14.7. The van der Waals surface area contributed by atoms with Gasteiger partial charge in [0.2, 0.25) is 0 Å². The summed E-state index contributed by atoms with van der Waals surface area (Å²) in [6.07, 6.45) is 1.74. The van der Waals surface area contributed by atoms with E-state index in [4.69, 9.17) is 17.3 Å². The van der Waals surface area contributed by atoms with Crippen molar-refractivity contribution in [2.24, 2.45) is 5.73 Å². The summed E-state index contributed by atoms with van der Waals surface area (Å²) < 4.78 is 0. The van der Waals surface area contributed by atoms with Crippen molar-refractivity contribution in [2.45, 2.75) is 18.9 Å². The van der Waals surface area contributed by atoms with Crippen LogP contribution in [0.1, 0.15) is 11.1 Å². The van der Waals surface area contributed by atoms with Gasteiger partial charge in [-0.1, -0.05) is 66.2 Å². The van der Waals surface area contributed by atoms with Crippen LogP contribution < -0.4 is 5.73 Å². The topological polar surface area (TPSA) is 26.0 Å². The lowest BCUT2D eigenvalue weighted by molar-refractivity contribution is 0.667. The maximum absolute atomic E-state index is 6.33. The fraction of sp³-hybridized carbons (Fsp3) is 0.158. The number of nitrogens with two attached hydrogens (primary N) is 1. The molecule has 0 saturated heterocycles. The molecule has 2 N–H and O–H groups in total. The largest absolute Gasteiger partial charge is 0.327 e. The summed E-state index contributed by atoms with van der Waals surface area (Å²) in [4.78, 5) is 0. The highest BCUT2D eigenvalue weighted by atomic mass is 35.5. The van der Waals surface area contributed by atoms with Crippen molar-refractivity contribution in [1.82, 2.24) is 0 Å². The minimum Gasteiger partial charge on any atom is -0.327 e. The minimum absolute atomic E-state index is 0.108. The van der Waals surface area contributed by atoms with E-state index in [1.807, 2.05) is 24.3 Å². The van der Waals surface area contributed by atoms with Crippen molar-refractivity contribution in [1.29, 1.82) is 0 Å². The van der Waals surface area contributed by atoms with E-state index in [-0.39, 0.29) is 6.04 Å². The van der Waals surface area contributed by atoms with Gasteiger partial charge in [-0.2, -0.15) is 0 Å². The van der Waals surface area contributed by atoms with Crippen LogP contribution in [0.15, 0.2) is 66.7 Å². The first-order valence-corrected chi connectivity index (χ1v) is 7.57. The standard InChI is InChI=1S/C19H18ClN/c20-17-10-8-14(9-11-17)12-18(21)13-16-6-3-5-15-4-1-2-7-19(15)16/h1-11,18H,12-13,21H2. The third-order valence-corrected chi connectivity index (χ3v) is 4.03. The summed E-state index contributed by atoms with van der Waals surface area (Å²) in [5, 5.41) is 3.33. The van der Waals surface area contributed by atoms with Gasteiger partial charge < -0.3 is 5.73 Å². The summed E-state index contributed by atoms with van der Waals surface area (Å²) in [5.74, 6) is 0. The van der Waals surface area contributed by atoms with Gasteiger partial charge in [0.15, 0.2) is 0 Å². The van der Waals surface area contributed by atoms with Crippen molar-refractivity contribution in [3.05, 3.63) is 82.9 Å². The minimum atomic E-state index is 0.108. The Bertz CT molecular complexity index is 729. The van der Waals surface area contributed by atoms with Gasteiger partial charge in [0.05, 0.1) is 0 Å². The third kappa shape index (κ3) is 3.44. The number of hydrogen-bond acceptors (Lipinski definition) is 1. The Balaban J connectivity index is 1.77. The second-order valence-electron chi connectivity index (χ2n) is 5.43. The molecule has 0 radical (unpaired) electrons. The van der Waals surface area contributed by atoms with E-state index in [2.05, 4.69) is 42.5 Å². The van der Waals surface area contributed by atoms with E-state index >= 15 is 0 Å². The number of hydrogen-bond donors (Lipinski definition) is 1. The molecule has 3 aromatic carbocycles. The van der Waals surface area contributed by atoms with Gasteiger partial charge in [-0.15, -0.1) is 0 Å². The van der Waals surface area contributed by atoms with E-state index in [0.717, 1.165) is 17.9 Å². The van der Waals surface area contributed by atoms with Crippen molar-refractivity contribution in [2.75, 3.05) is 0 Å². The van der Waals surface area contributed by atoms with Gasteiger partial charge >= 0.3 is 0 Å². The zero-order valence-electron chi connectivity index (χ0n) is 11.8. The van der Waals surface area contributed by atoms with Crippen LogP contribution in [0.3, 0.4) is 0 Å². The molecule has 0 saturated carbocycles. The van der Waals surface area contributed by atoms with Crippen molar-refractivity contribution >= 4 is 22.4 Å². The summed E-state index contributed by atoms with van der Waals surface area (Å²) in [6.45, 7) is 0. The van der Waals surface area contributed by atoms with E-state index in [0.29, 0.717) is 0 Å². The Morgan fingerprint density at radius 3 is 2.33 bits per heavy atom. The third-order valence-electron chi connectivity index (χ3n) is 3.77. The molecule has 1 nitrogen and oxygen atoms in total. The Kier molecular flexibility index (Phi) is 4.23. The molecule has 21 heavy (non-hydrogen) atoms. The second-order valence-corrected chi connectivity index (χ2v) is 5.87. The van der Waals surface area contributed by atoms with E-state index in [1.165, 1.54) is 21.9 Å². The van der Waals surface area contributed by atoms with E-state index in [1.54, 1.807) is 0 Å². The monoisotopic (exact) mass is 295 g/mol.